The third-order valence-corrected chi connectivity index (χ3v) is 3.47. The van der Waals surface area contributed by atoms with E-state index in [1.807, 2.05) is 47.9 Å². The number of alkyl halides is 1. The number of fused-ring (bicyclic) bond motifs is 1. The van der Waals surface area contributed by atoms with Gasteiger partial charge in [-0.2, -0.15) is 0 Å². The van der Waals surface area contributed by atoms with Gasteiger partial charge in [0, 0.05) is 18.3 Å². The lowest BCUT2D eigenvalue weighted by Crippen LogP contribution is -2.14. The Labute approximate surface area is 121 Å². The summed E-state index contributed by atoms with van der Waals surface area (Å²) in [5, 5.41) is 11.5. The zero-order valence-corrected chi connectivity index (χ0v) is 11.7. The SMILES string of the molecule is Cc1nnc2c(NC(CCl)c3ccccc3)nccn12. The zero-order chi connectivity index (χ0) is 13.9. The average Bonchev–Trinajstić information content (AvgIpc) is 2.88. The molecule has 3 rings (SSSR count). The highest BCUT2D eigenvalue weighted by molar-refractivity contribution is 6.18. The Kier molecular flexibility index (Phi) is 3.52. The largest absolute Gasteiger partial charge is 0.359 e. The van der Waals surface area contributed by atoms with Crippen LogP contribution in [0.5, 0.6) is 0 Å². The maximum absolute atomic E-state index is 6.08. The van der Waals surface area contributed by atoms with Crippen molar-refractivity contribution in [3.8, 4) is 0 Å². The first-order valence-electron chi connectivity index (χ1n) is 6.33. The first-order valence-corrected chi connectivity index (χ1v) is 6.87. The number of benzene rings is 1. The van der Waals surface area contributed by atoms with Crippen molar-refractivity contribution in [1.29, 1.82) is 0 Å². The summed E-state index contributed by atoms with van der Waals surface area (Å²) in [4.78, 5) is 4.34. The van der Waals surface area contributed by atoms with E-state index < -0.39 is 0 Å². The Morgan fingerprint density at radius 1 is 1.25 bits per heavy atom. The van der Waals surface area contributed by atoms with Crippen LogP contribution in [0.25, 0.3) is 5.65 Å². The van der Waals surface area contributed by atoms with E-state index in [1.54, 1.807) is 6.20 Å². The van der Waals surface area contributed by atoms with Gasteiger partial charge in [-0.25, -0.2) is 4.98 Å². The molecule has 0 bridgehead atoms. The van der Waals surface area contributed by atoms with Gasteiger partial charge in [-0.05, 0) is 12.5 Å². The quantitative estimate of drug-likeness (QED) is 0.750. The van der Waals surface area contributed by atoms with Crippen molar-refractivity contribution in [2.45, 2.75) is 13.0 Å². The lowest BCUT2D eigenvalue weighted by Gasteiger charge is -2.17. The van der Waals surface area contributed by atoms with Gasteiger partial charge in [-0.15, -0.1) is 21.8 Å². The molecule has 20 heavy (non-hydrogen) atoms. The molecule has 0 fully saturated rings. The van der Waals surface area contributed by atoms with Crippen molar-refractivity contribution in [1.82, 2.24) is 19.6 Å². The van der Waals surface area contributed by atoms with Gasteiger partial charge in [0.25, 0.3) is 0 Å². The van der Waals surface area contributed by atoms with Crippen molar-refractivity contribution in [3.63, 3.8) is 0 Å². The van der Waals surface area contributed by atoms with Crippen molar-refractivity contribution in [2.24, 2.45) is 0 Å². The van der Waals surface area contributed by atoms with E-state index in [0.717, 1.165) is 11.4 Å². The molecule has 0 radical (unpaired) electrons. The third-order valence-electron chi connectivity index (χ3n) is 3.16. The van der Waals surface area contributed by atoms with Crippen LogP contribution in [0.3, 0.4) is 0 Å². The Morgan fingerprint density at radius 2 is 2.05 bits per heavy atom. The van der Waals surface area contributed by atoms with Gasteiger partial charge in [0.2, 0.25) is 5.65 Å². The van der Waals surface area contributed by atoms with Crippen LogP contribution in [0.15, 0.2) is 42.7 Å². The van der Waals surface area contributed by atoms with Crippen molar-refractivity contribution >= 4 is 23.1 Å². The molecule has 0 aliphatic rings. The van der Waals surface area contributed by atoms with Crippen LogP contribution in [-0.4, -0.2) is 25.5 Å². The molecule has 2 aromatic heterocycles. The van der Waals surface area contributed by atoms with E-state index >= 15 is 0 Å². The molecule has 1 aromatic carbocycles. The highest BCUT2D eigenvalue weighted by Crippen LogP contribution is 2.21. The van der Waals surface area contributed by atoms with Gasteiger partial charge < -0.3 is 5.32 Å². The van der Waals surface area contributed by atoms with Crippen molar-refractivity contribution in [2.75, 3.05) is 11.2 Å². The molecule has 1 unspecified atom stereocenters. The predicted octanol–water partition coefficient (Wildman–Crippen LogP) is 2.82. The van der Waals surface area contributed by atoms with Crippen molar-refractivity contribution < 1.29 is 0 Å². The smallest absolute Gasteiger partial charge is 0.203 e. The number of halogens is 1. The number of anilines is 1. The van der Waals surface area contributed by atoms with Gasteiger partial charge in [-0.1, -0.05) is 30.3 Å². The lowest BCUT2D eigenvalue weighted by molar-refractivity contribution is 0.879. The van der Waals surface area contributed by atoms with Crippen LogP contribution in [0.1, 0.15) is 17.4 Å². The Morgan fingerprint density at radius 3 is 2.80 bits per heavy atom. The number of aromatic nitrogens is 4. The summed E-state index contributed by atoms with van der Waals surface area (Å²) in [6.07, 6.45) is 3.57. The third kappa shape index (κ3) is 2.32. The molecule has 6 heteroatoms. The van der Waals surface area contributed by atoms with Crippen LogP contribution < -0.4 is 5.32 Å². The normalized spacial score (nSPS) is 12.5. The van der Waals surface area contributed by atoms with E-state index in [0.29, 0.717) is 17.3 Å². The molecule has 0 aliphatic heterocycles. The second-order valence-electron chi connectivity index (χ2n) is 4.48. The Hall–Kier alpha value is -2.14. The van der Waals surface area contributed by atoms with Crippen LogP contribution in [-0.2, 0) is 0 Å². The zero-order valence-electron chi connectivity index (χ0n) is 11.0. The summed E-state index contributed by atoms with van der Waals surface area (Å²) in [7, 11) is 0. The molecule has 0 amide bonds. The number of nitrogens with one attached hydrogen (secondary N) is 1. The van der Waals surface area contributed by atoms with Gasteiger partial charge in [0.05, 0.1) is 6.04 Å². The van der Waals surface area contributed by atoms with E-state index in [-0.39, 0.29) is 6.04 Å². The fraction of sp³-hybridized carbons (Fsp3) is 0.214. The molecule has 5 nitrogen and oxygen atoms in total. The van der Waals surface area contributed by atoms with Gasteiger partial charge in [0.15, 0.2) is 5.82 Å². The van der Waals surface area contributed by atoms with Crippen LogP contribution in [0.4, 0.5) is 5.82 Å². The first kappa shape index (κ1) is 12.9. The minimum atomic E-state index is -0.0198. The molecule has 0 saturated heterocycles. The van der Waals surface area contributed by atoms with Crippen LogP contribution in [0, 0.1) is 6.92 Å². The van der Waals surface area contributed by atoms with Gasteiger partial charge >= 0.3 is 0 Å². The second-order valence-corrected chi connectivity index (χ2v) is 4.79. The molecular formula is C14H14ClN5. The summed E-state index contributed by atoms with van der Waals surface area (Å²) in [5.41, 5.74) is 1.82. The van der Waals surface area contributed by atoms with Gasteiger partial charge in [0.1, 0.15) is 5.82 Å². The van der Waals surface area contributed by atoms with E-state index in [1.165, 1.54) is 0 Å². The van der Waals surface area contributed by atoms with Crippen molar-refractivity contribution in [3.05, 3.63) is 54.1 Å². The number of rotatable bonds is 4. The Bertz CT molecular complexity index is 710. The number of hydrogen-bond acceptors (Lipinski definition) is 4. The minimum Gasteiger partial charge on any atom is -0.359 e. The molecular weight excluding hydrogens is 274 g/mol. The molecule has 1 atom stereocenters. The summed E-state index contributed by atoms with van der Waals surface area (Å²) < 4.78 is 1.89. The summed E-state index contributed by atoms with van der Waals surface area (Å²) in [5.74, 6) is 1.95. The number of nitrogens with zero attached hydrogens (tertiary/aromatic N) is 4. The monoisotopic (exact) mass is 287 g/mol. The average molecular weight is 288 g/mol. The Balaban J connectivity index is 1.96. The maximum Gasteiger partial charge on any atom is 0.203 e. The second kappa shape index (κ2) is 5.46. The van der Waals surface area contributed by atoms with E-state index in [2.05, 4.69) is 20.5 Å². The molecule has 0 spiro atoms. The lowest BCUT2D eigenvalue weighted by atomic mass is 10.1. The fourth-order valence-electron chi connectivity index (χ4n) is 2.10. The standard InChI is InChI=1S/C14H14ClN5/c1-10-18-19-14-13(16-7-8-20(10)14)17-12(9-15)11-5-3-2-4-6-11/h2-8,12H,9H2,1H3,(H,16,17). The molecule has 1 N–H and O–H groups in total. The summed E-state index contributed by atoms with van der Waals surface area (Å²) in [6.45, 7) is 1.90. The summed E-state index contributed by atoms with van der Waals surface area (Å²) >= 11 is 6.08. The van der Waals surface area contributed by atoms with Gasteiger partial charge in [-0.3, -0.25) is 4.40 Å². The summed E-state index contributed by atoms with van der Waals surface area (Å²) in [6, 6.07) is 10.0. The van der Waals surface area contributed by atoms with Crippen LogP contribution >= 0.6 is 11.6 Å². The topological polar surface area (TPSA) is 55.1 Å². The molecule has 3 aromatic rings. The van der Waals surface area contributed by atoms with E-state index in [9.17, 15) is 0 Å². The number of hydrogen-bond donors (Lipinski definition) is 1. The maximum atomic E-state index is 6.08. The molecule has 0 aliphatic carbocycles. The molecule has 0 saturated carbocycles. The number of aryl methyl sites for hydroxylation is 1. The highest BCUT2D eigenvalue weighted by Gasteiger charge is 2.14. The van der Waals surface area contributed by atoms with E-state index in [4.69, 9.17) is 11.6 Å². The fourth-order valence-corrected chi connectivity index (χ4v) is 2.36. The first-order chi connectivity index (χ1) is 9.79. The predicted molar refractivity (Wildman–Crippen MR) is 79.0 cm³/mol. The highest BCUT2D eigenvalue weighted by atomic mass is 35.5. The molecule has 2 heterocycles. The van der Waals surface area contributed by atoms with Crippen LogP contribution in [0.2, 0.25) is 0 Å². The molecule has 102 valence electrons. The minimum absolute atomic E-state index is 0.0198.